The molecule has 5 heteroatoms. The van der Waals surface area contributed by atoms with Crippen molar-refractivity contribution >= 4 is 5.91 Å². The summed E-state index contributed by atoms with van der Waals surface area (Å²) in [6.45, 7) is 4.78. The molecule has 2 rings (SSSR count). The van der Waals surface area contributed by atoms with Crippen LogP contribution < -0.4 is 5.32 Å². The summed E-state index contributed by atoms with van der Waals surface area (Å²) >= 11 is 0. The molecule has 2 fully saturated rings. The zero-order valence-corrected chi connectivity index (χ0v) is 11.1. The highest BCUT2D eigenvalue weighted by molar-refractivity contribution is 5.78. The zero-order chi connectivity index (χ0) is 13.0. The Morgan fingerprint density at radius 1 is 1.44 bits per heavy atom. The van der Waals surface area contributed by atoms with Gasteiger partial charge < -0.3 is 10.2 Å². The van der Waals surface area contributed by atoms with Crippen molar-refractivity contribution in [1.82, 2.24) is 15.1 Å². The predicted molar refractivity (Wildman–Crippen MR) is 68.8 cm³/mol. The fourth-order valence-corrected chi connectivity index (χ4v) is 2.61. The fraction of sp³-hybridized carbons (Fsp3) is 0.846. The van der Waals surface area contributed by atoms with E-state index in [1.54, 1.807) is 0 Å². The molecule has 2 aliphatic rings. The minimum atomic E-state index is 0.188. The van der Waals surface area contributed by atoms with Crippen molar-refractivity contribution in [3.05, 3.63) is 0 Å². The van der Waals surface area contributed by atoms with Crippen LogP contribution in [0, 0.1) is 16.7 Å². The molecule has 1 saturated carbocycles. The molecular formula is C13H22N4O. The van der Waals surface area contributed by atoms with Crippen molar-refractivity contribution in [1.29, 1.82) is 5.26 Å². The smallest absolute Gasteiger partial charge is 0.236 e. The summed E-state index contributed by atoms with van der Waals surface area (Å²) in [6, 6.07) is 2.26. The van der Waals surface area contributed by atoms with E-state index in [0.717, 1.165) is 45.6 Å². The lowest BCUT2D eigenvalue weighted by atomic mass is 10.0. The zero-order valence-electron chi connectivity index (χ0n) is 11.1. The molecule has 5 nitrogen and oxygen atoms in total. The molecule has 1 aliphatic heterocycles. The number of piperazine rings is 1. The number of nitrogens with one attached hydrogen (secondary N) is 1. The second-order valence-corrected chi connectivity index (χ2v) is 5.64. The average Bonchev–Trinajstić information content (AvgIpc) is 3.10. The first-order chi connectivity index (χ1) is 8.65. The van der Waals surface area contributed by atoms with Gasteiger partial charge in [-0.05, 0) is 25.3 Å². The normalized spacial score (nSPS) is 21.7. The van der Waals surface area contributed by atoms with E-state index in [-0.39, 0.29) is 11.3 Å². The van der Waals surface area contributed by atoms with Crippen LogP contribution in [-0.4, -0.2) is 62.0 Å². The van der Waals surface area contributed by atoms with Gasteiger partial charge in [0.2, 0.25) is 5.91 Å². The summed E-state index contributed by atoms with van der Waals surface area (Å²) < 4.78 is 0. The molecule has 0 spiro atoms. The fourth-order valence-electron chi connectivity index (χ4n) is 2.61. The van der Waals surface area contributed by atoms with Crippen molar-refractivity contribution in [2.24, 2.45) is 5.41 Å². The lowest BCUT2D eigenvalue weighted by Gasteiger charge is -2.30. The van der Waals surface area contributed by atoms with E-state index in [9.17, 15) is 4.79 Å². The molecular weight excluding hydrogens is 228 g/mol. The van der Waals surface area contributed by atoms with Crippen LogP contribution in [0.2, 0.25) is 0 Å². The summed E-state index contributed by atoms with van der Waals surface area (Å²) in [5.41, 5.74) is 0.188. The third kappa shape index (κ3) is 3.44. The van der Waals surface area contributed by atoms with Crippen LogP contribution in [0.1, 0.15) is 19.3 Å². The Labute approximate surface area is 109 Å². The van der Waals surface area contributed by atoms with E-state index in [1.807, 2.05) is 11.9 Å². The van der Waals surface area contributed by atoms with Crippen LogP contribution in [0.3, 0.4) is 0 Å². The maximum Gasteiger partial charge on any atom is 0.236 e. The van der Waals surface area contributed by atoms with Crippen LogP contribution in [0.4, 0.5) is 0 Å². The van der Waals surface area contributed by atoms with Gasteiger partial charge in [-0.1, -0.05) is 0 Å². The van der Waals surface area contributed by atoms with Crippen LogP contribution in [0.25, 0.3) is 0 Å². The molecule has 1 amide bonds. The Morgan fingerprint density at radius 3 is 2.67 bits per heavy atom. The van der Waals surface area contributed by atoms with E-state index >= 15 is 0 Å². The highest BCUT2D eigenvalue weighted by Gasteiger charge is 2.43. The van der Waals surface area contributed by atoms with Gasteiger partial charge >= 0.3 is 0 Å². The SMILES string of the molecule is CN(CC(=O)N1CCNCC1)CC1(CC#N)CC1. The van der Waals surface area contributed by atoms with Gasteiger partial charge in [0.05, 0.1) is 12.6 Å². The molecule has 1 heterocycles. The minimum Gasteiger partial charge on any atom is -0.339 e. The summed E-state index contributed by atoms with van der Waals surface area (Å²) in [5.74, 6) is 0.215. The minimum absolute atomic E-state index is 0.188. The van der Waals surface area contributed by atoms with Gasteiger partial charge in [0.1, 0.15) is 0 Å². The van der Waals surface area contributed by atoms with E-state index in [2.05, 4.69) is 16.3 Å². The second-order valence-electron chi connectivity index (χ2n) is 5.64. The first-order valence-electron chi connectivity index (χ1n) is 6.69. The Hall–Kier alpha value is -1.12. The molecule has 1 N–H and O–H groups in total. The molecule has 0 atom stereocenters. The van der Waals surface area contributed by atoms with Gasteiger partial charge in [0.15, 0.2) is 0 Å². The standard InChI is InChI=1S/C13H22N4O/c1-16(11-13(2-3-13)4-5-14)10-12(18)17-8-6-15-7-9-17/h15H,2-4,6-11H2,1H3. The van der Waals surface area contributed by atoms with Crippen LogP contribution >= 0.6 is 0 Å². The molecule has 18 heavy (non-hydrogen) atoms. The van der Waals surface area contributed by atoms with Crippen molar-refractivity contribution in [3.63, 3.8) is 0 Å². The van der Waals surface area contributed by atoms with Gasteiger partial charge in [-0.15, -0.1) is 0 Å². The number of carbonyl (C=O) groups is 1. The van der Waals surface area contributed by atoms with Crippen molar-refractivity contribution < 1.29 is 4.79 Å². The summed E-state index contributed by atoms with van der Waals surface area (Å²) in [6.07, 6.45) is 2.89. The predicted octanol–water partition coefficient (Wildman–Crippen LogP) is 0.0439. The molecule has 1 saturated heterocycles. The number of nitrogens with zero attached hydrogens (tertiary/aromatic N) is 3. The number of nitriles is 1. The highest BCUT2D eigenvalue weighted by Crippen LogP contribution is 2.48. The maximum absolute atomic E-state index is 12.1. The number of hydrogen-bond donors (Lipinski definition) is 1. The Morgan fingerprint density at radius 2 is 2.11 bits per heavy atom. The lowest BCUT2D eigenvalue weighted by Crippen LogP contribution is -2.49. The maximum atomic E-state index is 12.1. The van der Waals surface area contributed by atoms with E-state index in [4.69, 9.17) is 5.26 Å². The molecule has 1 aliphatic carbocycles. The van der Waals surface area contributed by atoms with Gasteiger partial charge in [-0.2, -0.15) is 5.26 Å². The molecule has 0 aromatic rings. The third-order valence-corrected chi connectivity index (χ3v) is 3.89. The first kappa shape index (κ1) is 13.3. The van der Waals surface area contributed by atoms with E-state index in [0.29, 0.717) is 13.0 Å². The van der Waals surface area contributed by atoms with Crippen LogP contribution in [0.15, 0.2) is 0 Å². The molecule has 0 bridgehead atoms. The van der Waals surface area contributed by atoms with E-state index < -0.39 is 0 Å². The lowest BCUT2D eigenvalue weighted by molar-refractivity contribution is -0.132. The highest BCUT2D eigenvalue weighted by atomic mass is 16.2. The van der Waals surface area contributed by atoms with Gasteiger partial charge in [0.25, 0.3) is 0 Å². The monoisotopic (exact) mass is 250 g/mol. The number of hydrogen-bond acceptors (Lipinski definition) is 4. The van der Waals surface area contributed by atoms with Gasteiger partial charge in [-0.25, -0.2) is 0 Å². The van der Waals surface area contributed by atoms with Crippen LogP contribution in [0.5, 0.6) is 0 Å². The second kappa shape index (κ2) is 5.68. The van der Waals surface area contributed by atoms with Crippen molar-refractivity contribution in [2.75, 3.05) is 46.3 Å². The number of carbonyl (C=O) groups excluding carboxylic acids is 1. The summed E-state index contributed by atoms with van der Waals surface area (Å²) in [7, 11) is 1.98. The third-order valence-electron chi connectivity index (χ3n) is 3.89. The molecule has 0 radical (unpaired) electrons. The Kier molecular flexibility index (Phi) is 4.20. The summed E-state index contributed by atoms with van der Waals surface area (Å²) in [4.78, 5) is 16.1. The quantitative estimate of drug-likeness (QED) is 0.748. The number of likely N-dealkylation sites (N-methyl/N-ethyl adjacent to an activating group) is 1. The number of rotatable bonds is 5. The molecule has 0 unspecified atom stereocenters. The van der Waals surface area contributed by atoms with E-state index in [1.165, 1.54) is 0 Å². The molecule has 100 valence electrons. The summed E-state index contributed by atoms with van der Waals surface area (Å²) in [5, 5.41) is 12.0. The van der Waals surface area contributed by atoms with Gasteiger partial charge in [0, 0.05) is 39.1 Å². The first-order valence-corrected chi connectivity index (χ1v) is 6.69. The Bertz CT molecular complexity index is 339. The van der Waals surface area contributed by atoms with Crippen molar-refractivity contribution in [3.8, 4) is 6.07 Å². The topological polar surface area (TPSA) is 59.4 Å². The molecule has 0 aromatic carbocycles. The Balaban J connectivity index is 1.75. The largest absolute Gasteiger partial charge is 0.339 e. The van der Waals surface area contributed by atoms with Crippen LogP contribution in [-0.2, 0) is 4.79 Å². The number of amides is 1. The average molecular weight is 250 g/mol. The van der Waals surface area contributed by atoms with Crippen molar-refractivity contribution in [2.45, 2.75) is 19.3 Å². The molecule has 0 aromatic heterocycles. The van der Waals surface area contributed by atoms with Gasteiger partial charge in [-0.3, -0.25) is 9.69 Å².